The molecule has 0 amide bonds. The number of hydrogen-bond donors (Lipinski definition) is 6. The standard InChI is InChI=1S/C10H18ClN2O14P3/c1-6(14)7(25-9(4-11)13-3-2-8(15)12-10(13)16)5-24-29(20,21)27-30(22,23)26-28(17,18)19/h2-3,6-7,9,14H,4-5H2,1H3,(H,20,21)(H,22,23)(H,12,15,16)(H2,17,18,19)/t6-,7+,9+/m0/s1. The Bertz CT molecular complexity index is 971. The van der Waals surface area contributed by atoms with Crippen molar-refractivity contribution in [3.63, 3.8) is 0 Å². The second-order valence-corrected chi connectivity index (χ2v) is 10.2. The molecule has 0 aromatic carbocycles. The van der Waals surface area contributed by atoms with Crippen molar-refractivity contribution in [2.45, 2.75) is 25.4 Å². The highest BCUT2D eigenvalue weighted by Crippen LogP contribution is 2.66. The summed E-state index contributed by atoms with van der Waals surface area (Å²) in [7, 11) is -16.7. The van der Waals surface area contributed by atoms with E-state index < -0.39 is 59.8 Å². The zero-order valence-electron chi connectivity index (χ0n) is 14.9. The van der Waals surface area contributed by atoms with Gasteiger partial charge in [0, 0.05) is 12.3 Å². The number of phosphoric ester groups is 1. The first-order valence-electron chi connectivity index (χ1n) is 7.54. The van der Waals surface area contributed by atoms with Crippen LogP contribution in [0.5, 0.6) is 0 Å². The van der Waals surface area contributed by atoms with E-state index in [1.807, 2.05) is 4.98 Å². The molecule has 0 saturated carbocycles. The van der Waals surface area contributed by atoms with Gasteiger partial charge in [-0.2, -0.15) is 8.62 Å². The Balaban J connectivity index is 2.89. The van der Waals surface area contributed by atoms with Crippen molar-refractivity contribution in [1.29, 1.82) is 0 Å². The van der Waals surface area contributed by atoms with Crippen LogP contribution in [0.3, 0.4) is 0 Å². The molecule has 1 aromatic rings. The third-order valence-electron chi connectivity index (χ3n) is 2.98. The van der Waals surface area contributed by atoms with Crippen molar-refractivity contribution in [3.05, 3.63) is 33.1 Å². The molecule has 0 aliphatic rings. The van der Waals surface area contributed by atoms with Gasteiger partial charge >= 0.3 is 29.2 Å². The Morgan fingerprint density at radius 1 is 1.13 bits per heavy atom. The molecule has 0 saturated heterocycles. The van der Waals surface area contributed by atoms with E-state index in [1.54, 1.807) is 0 Å². The molecule has 30 heavy (non-hydrogen) atoms. The summed E-state index contributed by atoms with van der Waals surface area (Å²) in [6.07, 6.45) is -3.14. The highest BCUT2D eigenvalue weighted by Gasteiger charge is 2.41. The van der Waals surface area contributed by atoms with E-state index in [9.17, 15) is 33.3 Å². The van der Waals surface area contributed by atoms with E-state index in [-0.39, 0.29) is 5.88 Å². The highest BCUT2D eigenvalue weighted by atomic mass is 35.5. The maximum atomic E-state index is 11.8. The van der Waals surface area contributed by atoms with E-state index in [0.29, 0.717) is 0 Å². The Hall–Kier alpha value is -0.700. The normalized spacial score (nSPS) is 19.4. The van der Waals surface area contributed by atoms with Gasteiger partial charge in [-0.25, -0.2) is 18.5 Å². The minimum absolute atomic E-state index is 0.385. The summed E-state index contributed by atoms with van der Waals surface area (Å²) in [6.45, 7) is 0.179. The molecule has 6 N–H and O–H groups in total. The van der Waals surface area contributed by atoms with Crippen molar-refractivity contribution in [2.75, 3.05) is 12.5 Å². The molecule has 174 valence electrons. The fraction of sp³-hybridized carbons (Fsp3) is 0.600. The van der Waals surface area contributed by atoms with E-state index in [1.165, 1.54) is 0 Å². The van der Waals surface area contributed by atoms with E-state index in [0.717, 1.165) is 23.8 Å². The molecular weight excluding hydrogens is 500 g/mol. The van der Waals surface area contributed by atoms with Gasteiger partial charge in [0.1, 0.15) is 6.10 Å². The van der Waals surface area contributed by atoms with Crippen LogP contribution in [0.2, 0.25) is 0 Å². The molecule has 0 radical (unpaired) electrons. The summed E-state index contributed by atoms with van der Waals surface area (Å²) < 4.78 is 51.3. The van der Waals surface area contributed by atoms with Gasteiger partial charge in [0.25, 0.3) is 5.56 Å². The lowest BCUT2D eigenvalue weighted by molar-refractivity contribution is -0.110. The first-order valence-corrected chi connectivity index (χ1v) is 12.6. The molecule has 5 atom stereocenters. The zero-order chi connectivity index (χ0) is 23.3. The Labute approximate surface area is 172 Å². The molecule has 0 spiro atoms. The average Bonchev–Trinajstić information content (AvgIpc) is 2.52. The number of aromatic amines is 1. The summed E-state index contributed by atoms with van der Waals surface area (Å²) in [5.74, 6) is -0.385. The Morgan fingerprint density at radius 2 is 1.73 bits per heavy atom. The molecule has 1 heterocycles. The minimum atomic E-state index is -5.72. The predicted molar refractivity (Wildman–Crippen MR) is 97.5 cm³/mol. The van der Waals surface area contributed by atoms with Crippen molar-refractivity contribution in [3.8, 4) is 0 Å². The number of aliphatic hydroxyl groups is 1. The first-order chi connectivity index (χ1) is 13.6. The largest absolute Gasteiger partial charge is 0.490 e. The summed E-state index contributed by atoms with van der Waals surface area (Å²) in [4.78, 5) is 60.3. The molecule has 0 fully saturated rings. The molecule has 0 aliphatic carbocycles. The molecule has 2 unspecified atom stereocenters. The number of H-pyrrole nitrogens is 1. The molecule has 0 bridgehead atoms. The smallest absolute Gasteiger partial charge is 0.391 e. The summed E-state index contributed by atoms with van der Waals surface area (Å²) >= 11 is 5.71. The number of alkyl halides is 1. The second-order valence-electron chi connectivity index (χ2n) is 5.43. The third-order valence-corrected chi connectivity index (χ3v) is 7.05. The summed E-state index contributed by atoms with van der Waals surface area (Å²) in [5, 5.41) is 9.76. The molecule has 0 aliphatic heterocycles. The fourth-order valence-electron chi connectivity index (χ4n) is 1.80. The Morgan fingerprint density at radius 3 is 2.20 bits per heavy atom. The molecule has 16 nitrogen and oxygen atoms in total. The minimum Gasteiger partial charge on any atom is -0.391 e. The predicted octanol–water partition coefficient (Wildman–Crippen LogP) is -0.617. The van der Waals surface area contributed by atoms with Gasteiger partial charge in [-0.1, -0.05) is 0 Å². The van der Waals surface area contributed by atoms with Crippen molar-refractivity contribution < 1.29 is 56.3 Å². The van der Waals surface area contributed by atoms with Gasteiger partial charge in [0.15, 0.2) is 6.23 Å². The number of aliphatic hydroxyl groups excluding tert-OH is 1. The van der Waals surface area contributed by atoms with Gasteiger partial charge in [0.05, 0.1) is 18.6 Å². The molecule has 20 heteroatoms. The topological polar surface area (TPSA) is 244 Å². The maximum Gasteiger partial charge on any atom is 0.490 e. The number of phosphoric acid groups is 3. The maximum absolute atomic E-state index is 11.8. The number of halogens is 1. The Kier molecular flexibility index (Phi) is 9.79. The number of nitrogens with zero attached hydrogens (tertiary/aromatic N) is 1. The van der Waals surface area contributed by atoms with E-state index >= 15 is 0 Å². The fourth-order valence-corrected chi connectivity index (χ4v) is 5.05. The molecule has 1 aromatic heterocycles. The van der Waals surface area contributed by atoms with Gasteiger partial charge in [-0.3, -0.25) is 18.9 Å². The van der Waals surface area contributed by atoms with Gasteiger partial charge in [0.2, 0.25) is 0 Å². The van der Waals surface area contributed by atoms with Crippen molar-refractivity contribution >= 4 is 35.1 Å². The lowest BCUT2D eigenvalue weighted by Gasteiger charge is -2.27. The number of nitrogens with one attached hydrogen (secondary N) is 1. The highest BCUT2D eigenvalue weighted by molar-refractivity contribution is 7.66. The molecule has 1 rings (SSSR count). The van der Waals surface area contributed by atoms with Crippen LogP contribution in [-0.4, -0.2) is 58.9 Å². The van der Waals surface area contributed by atoms with Crippen LogP contribution in [0.4, 0.5) is 0 Å². The number of hydrogen-bond acceptors (Lipinski definition) is 10. The van der Waals surface area contributed by atoms with Crippen LogP contribution in [-0.2, 0) is 31.6 Å². The third kappa shape index (κ3) is 9.62. The number of ether oxygens (including phenoxy) is 1. The van der Waals surface area contributed by atoms with Gasteiger partial charge < -0.3 is 29.4 Å². The van der Waals surface area contributed by atoms with E-state index in [2.05, 4.69) is 13.1 Å². The van der Waals surface area contributed by atoms with Gasteiger partial charge in [-0.15, -0.1) is 11.6 Å². The lowest BCUT2D eigenvalue weighted by Crippen LogP contribution is -2.39. The van der Waals surface area contributed by atoms with Crippen LogP contribution in [0.15, 0.2) is 21.9 Å². The van der Waals surface area contributed by atoms with Crippen LogP contribution >= 0.6 is 35.1 Å². The van der Waals surface area contributed by atoms with Crippen LogP contribution in [0.25, 0.3) is 0 Å². The number of rotatable bonds is 12. The van der Waals surface area contributed by atoms with Crippen LogP contribution in [0.1, 0.15) is 13.2 Å². The van der Waals surface area contributed by atoms with Crippen LogP contribution in [0, 0.1) is 0 Å². The molecular formula is C10H18ClN2O14P3. The van der Waals surface area contributed by atoms with E-state index in [4.69, 9.17) is 31.0 Å². The zero-order valence-corrected chi connectivity index (χ0v) is 18.3. The number of aromatic nitrogens is 2. The van der Waals surface area contributed by atoms with Crippen molar-refractivity contribution in [1.82, 2.24) is 9.55 Å². The first kappa shape index (κ1) is 27.3. The second kappa shape index (κ2) is 10.7. The van der Waals surface area contributed by atoms with Crippen molar-refractivity contribution in [2.24, 2.45) is 0 Å². The van der Waals surface area contributed by atoms with Crippen LogP contribution < -0.4 is 11.2 Å². The summed E-state index contributed by atoms with van der Waals surface area (Å²) in [5.41, 5.74) is -1.62. The SMILES string of the molecule is C[C@H](O)[C@@H](COP(=O)(O)OP(=O)(O)OP(=O)(O)O)O[C@H](CCl)n1ccc(=O)[nH]c1=O. The quantitative estimate of drug-likeness (QED) is 0.149. The van der Waals surface area contributed by atoms with Gasteiger partial charge in [-0.05, 0) is 6.92 Å². The summed E-state index contributed by atoms with van der Waals surface area (Å²) in [6, 6.07) is 0.980. The lowest BCUT2D eigenvalue weighted by atomic mass is 10.2. The average molecular weight is 519 g/mol. The monoisotopic (exact) mass is 518 g/mol.